The second kappa shape index (κ2) is 6.83. The van der Waals surface area contributed by atoms with Crippen LogP contribution in [0.15, 0.2) is 36.5 Å². The first kappa shape index (κ1) is 15.0. The Labute approximate surface area is 123 Å². The molecule has 0 aliphatic carbocycles. The van der Waals surface area contributed by atoms with E-state index in [4.69, 9.17) is 0 Å². The lowest BCUT2D eigenvalue weighted by molar-refractivity contribution is 0.0951. The first-order valence-corrected chi connectivity index (χ1v) is 6.83. The third-order valence-corrected chi connectivity index (χ3v) is 2.99. The second-order valence-electron chi connectivity index (χ2n) is 4.71. The SMILES string of the molecule is CCNc1cc(C)ncc1C(=O)NCc1cccc(F)c1. The third kappa shape index (κ3) is 4.02. The summed E-state index contributed by atoms with van der Waals surface area (Å²) in [6.07, 6.45) is 1.55. The van der Waals surface area contributed by atoms with Crippen LogP contribution >= 0.6 is 0 Å². The minimum atomic E-state index is -0.313. The Hall–Kier alpha value is -2.43. The van der Waals surface area contributed by atoms with Gasteiger partial charge in [0, 0.05) is 25.0 Å². The molecule has 0 atom stereocenters. The lowest BCUT2D eigenvalue weighted by Gasteiger charge is -2.11. The van der Waals surface area contributed by atoms with Crippen LogP contribution in [0, 0.1) is 12.7 Å². The van der Waals surface area contributed by atoms with Gasteiger partial charge in [0.25, 0.3) is 5.91 Å². The smallest absolute Gasteiger partial charge is 0.255 e. The molecule has 0 spiro atoms. The number of nitrogens with zero attached hydrogens (tertiary/aromatic N) is 1. The van der Waals surface area contributed by atoms with Crippen LogP contribution in [-0.2, 0) is 6.54 Å². The molecule has 0 aliphatic rings. The number of halogens is 1. The van der Waals surface area contributed by atoms with Gasteiger partial charge in [0.05, 0.1) is 11.3 Å². The van der Waals surface area contributed by atoms with E-state index in [1.165, 1.54) is 12.1 Å². The summed E-state index contributed by atoms with van der Waals surface area (Å²) in [5.74, 6) is -0.546. The molecule has 0 aliphatic heterocycles. The summed E-state index contributed by atoms with van der Waals surface area (Å²) >= 11 is 0. The van der Waals surface area contributed by atoms with Crippen molar-refractivity contribution in [2.24, 2.45) is 0 Å². The van der Waals surface area contributed by atoms with Gasteiger partial charge in [-0.15, -0.1) is 0 Å². The molecule has 2 rings (SSSR count). The van der Waals surface area contributed by atoms with E-state index in [1.807, 2.05) is 19.9 Å². The highest BCUT2D eigenvalue weighted by Crippen LogP contribution is 2.15. The van der Waals surface area contributed by atoms with Crippen molar-refractivity contribution in [3.8, 4) is 0 Å². The topological polar surface area (TPSA) is 54.0 Å². The fraction of sp³-hybridized carbons (Fsp3) is 0.250. The molecule has 0 bridgehead atoms. The molecular formula is C16H18FN3O. The number of amides is 1. The lowest BCUT2D eigenvalue weighted by Crippen LogP contribution is -2.24. The highest BCUT2D eigenvalue weighted by Gasteiger charge is 2.11. The van der Waals surface area contributed by atoms with Crippen LogP contribution in [0.4, 0.5) is 10.1 Å². The van der Waals surface area contributed by atoms with Crippen molar-refractivity contribution in [2.45, 2.75) is 20.4 Å². The number of carbonyl (C=O) groups is 1. The molecule has 0 unspecified atom stereocenters. The molecule has 4 nitrogen and oxygen atoms in total. The van der Waals surface area contributed by atoms with Crippen LogP contribution in [0.2, 0.25) is 0 Å². The van der Waals surface area contributed by atoms with E-state index < -0.39 is 0 Å². The Morgan fingerprint density at radius 3 is 2.86 bits per heavy atom. The van der Waals surface area contributed by atoms with Gasteiger partial charge in [-0.05, 0) is 37.6 Å². The fourth-order valence-corrected chi connectivity index (χ4v) is 2.00. The van der Waals surface area contributed by atoms with E-state index in [1.54, 1.807) is 18.3 Å². The van der Waals surface area contributed by atoms with Crippen LogP contribution in [-0.4, -0.2) is 17.4 Å². The minimum Gasteiger partial charge on any atom is -0.385 e. The molecule has 1 aromatic carbocycles. The number of carbonyl (C=O) groups excluding carboxylic acids is 1. The largest absolute Gasteiger partial charge is 0.385 e. The number of pyridine rings is 1. The number of hydrogen-bond acceptors (Lipinski definition) is 3. The molecule has 1 heterocycles. The zero-order valence-corrected chi connectivity index (χ0v) is 12.1. The summed E-state index contributed by atoms with van der Waals surface area (Å²) in [5.41, 5.74) is 2.79. The summed E-state index contributed by atoms with van der Waals surface area (Å²) in [6.45, 7) is 4.82. The van der Waals surface area contributed by atoms with Gasteiger partial charge in [0.15, 0.2) is 0 Å². The summed E-state index contributed by atoms with van der Waals surface area (Å²) in [5, 5.41) is 5.92. The predicted octanol–water partition coefficient (Wildman–Crippen LogP) is 2.89. The molecular weight excluding hydrogens is 269 g/mol. The maximum Gasteiger partial charge on any atom is 0.255 e. The first-order valence-electron chi connectivity index (χ1n) is 6.83. The van der Waals surface area contributed by atoms with Crippen molar-refractivity contribution >= 4 is 11.6 Å². The van der Waals surface area contributed by atoms with Gasteiger partial charge in [-0.2, -0.15) is 0 Å². The molecule has 110 valence electrons. The zero-order valence-electron chi connectivity index (χ0n) is 12.1. The van der Waals surface area contributed by atoms with Crippen LogP contribution in [0.5, 0.6) is 0 Å². The van der Waals surface area contributed by atoms with Gasteiger partial charge in [-0.3, -0.25) is 9.78 Å². The molecule has 0 fully saturated rings. The number of aromatic nitrogens is 1. The van der Waals surface area contributed by atoms with Crippen molar-refractivity contribution in [1.82, 2.24) is 10.3 Å². The molecule has 0 saturated heterocycles. The number of anilines is 1. The summed E-state index contributed by atoms with van der Waals surface area (Å²) in [6, 6.07) is 7.99. The molecule has 1 amide bonds. The number of hydrogen-bond donors (Lipinski definition) is 2. The summed E-state index contributed by atoms with van der Waals surface area (Å²) in [7, 11) is 0. The average molecular weight is 287 g/mol. The Balaban J connectivity index is 2.09. The normalized spacial score (nSPS) is 10.2. The molecule has 2 aromatic rings. The van der Waals surface area contributed by atoms with Gasteiger partial charge in [0.2, 0.25) is 0 Å². The van der Waals surface area contributed by atoms with Gasteiger partial charge < -0.3 is 10.6 Å². The third-order valence-electron chi connectivity index (χ3n) is 2.99. The second-order valence-corrected chi connectivity index (χ2v) is 4.71. The quantitative estimate of drug-likeness (QED) is 0.889. The predicted molar refractivity (Wildman–Crippen MR) is 80.7 cm³/mol. The lowest BCUT2D eigenvalue weighted by atomic mass is 10.1. The molecule has 0 radical (unpaired) electrons. The van der Waals surface area contributed by atoms with Crippen molar-refractivity contribution < 1.29 is 9.18 Å². The van der Waals surface area contributed by atoms with Gasteiger partial charge >= 0.3 is 0 Å². The number of rotatable bonds is 5. The zero-order chi connectivity index (χ0) is 15.2. The van der Waals surface area contributed by atoms with Crippen LogP contribution in [0.3, 0.4) is 0 Å². The Morgan fingerprint density at radius 1 is 1.33 bits per heavy atom. The maximum absolute atomic E-state index is 13.1. The van der Waals surface area contributed by atoms with Crippen molar-refractivity contribution in [2.75, 3.05) is 11.9 Å². The van der Waals surface area contributed by atoms with Gasteiger partial charge in [-0.25, -0.2) is 4.39 Å². The monoisotopic (exact) mass is 287 g/mol. The van der Waals surface area contributed by atoms with Crippen LogP contribution in [0.1, 0.15) is 28.5 Å². The van der Waals surface area contributed by atoms with Gasteiger partial charge in [0.1, 0.15) is 5.82 Å². The average Bonchev–Trinajstić information content (AvgIpc) is 2.45. The Kier molecular flexibility index (Phi) is 4.87. The molecule has 2 N–H and O–H groups in total. The molecule has 1 aromatic heterocycles. The minimum absolute atomic E-state index is 0.234. The van der Waals surface area contributed by atoms with Crippen molar-refractivity contribution in [1.29, 1.82) is 0 Å². The van der Waals surface area contributed by atoms with Crippen LogP contribution in [0.25, 0.3) is 0 Å². The van der Waals surface area contributed by atoms with E-state index in [9.17, 15) is 9.18 Å². The molecule has 21 heavy (non-hydrogen) atoms. The van der Waals surface area contributed by atoms with E-state index in [0.717, 1.165) is 11.4 Å². The van der Waals surface area contributed by atoms with Crippen molar-refractivity contribution in [3.05, 3.63) is 59.2 Å². The number of benzene rings is 1. The maximum atomic E-state index is 13.1. The standard InChI is InChI=1S/C16H18FN3O/c1-3-18-15-7-11(2)19-10-14(15)16(21)20-9-12-5-4-6-13(17)8-12/h4-8,10H,3,9H2,1-2H3,(H,18,19)(H,20,21). The van der Waals surface area contributed by atoms with Gasteiger partial charge in [-0.1, -0.05) is 12.1 Å². The first-order chi connectivity index (χ1) is 10.1. The molecule has 0 saturated carbocycles. The van der Waals surface area contributed by atoms with E-state index in [0.29, 0.717) is 17.7 Å². The fourth-order valence-electron chi connectivity index (χ4n) is 2.00. The highest BCUT2D eigenvalue weighted by atomic mass is 19.1. The van der Waals surface area contributed by atoms with E-state index in [2.05, 4.69) is 15.6 Å². The summed E-state index contributed by atoms with van der Waals surface area (Å²) < 4.78 is 13.1. The Bertz CT molecular complexity index is 643. The van der Waals surface area contributed by atoms with E-state index >= 15 is 0 Å². The van der Waals surface area contributed by atoms with Crippen LogP contribution < -0.4 is 10.6 Å². The van der Waals surface area contributed by atoms with Crippen molar-refractivity contribution in [3.63, 3.8) is 0 Å². The summed E-state index contributed by atoms with van der Waals surface area (Å²) in [4.78, 5) is 16.4. The van der Waals surface area contributed by atoms with E-state index in [-0.39, 0.29) is 18.3 Å². The molecule has 5 heteroatoms. The number of nitrogens with one attached hydrogen (secondary N) is 2. The Morgan fingerprint density at radius 2 is 2.14 bits per heavy atom. The number of aryl methyl sites for hydroxylation is 1. The highest BCUT2D eigenvalue weighted by molar-refractivity contribution is 5.99.